The summed E-state index contributed by atoms with van der Waals surface area (Å²) < 4.78 is 21.7. The number of nitrogens with zero attached hydrogens (tertiary/aromatic N) is 6. The molecule has 4 unspecified atom stereocenters. The van der Waals surface area contributed by atoms with Gasteiger partial charge in [0.2, 0.25) is 17.7 Å². The maximum absolute atomic E-state index is 13.6. The van der Waals surface area contributed by atoms with E-state index in [4.69, 9.17) is 37.4 Å². The van der Waals surface area contributed by atoms with E-state index in [-0.39, 0.29) is 41.4 Å². The first-order valence-corrected chi connectivity index (χ1v) is 29.4. The Bertz CT molecular complexity index is 3140. The van der Waals surface area contributed by atoms with E-state index in [0.29, 0.717) is 67.3 Å². The van der Waals surface area contributed by atoms with Gasteiger partial charge in [-0.3, -0.25) is 33.8 Å². The number of unbranched alkanes of at least 4 members (excludes halogenated alkanes) is 1. The third kappa shape index (κ3) is 13.4. The molecule has 13 nitrogen and oxygen atoms in total. The molecule has 412 valence electrons. The molecule has 0 bridgehead atoms. The quantitative estimate of drug-likeness (QED) is 0.0602. The maximum atomic E-state index is 13.6. The van der Waals surface area contributed by atoms with Crippen LogP contribution in [0.2, 0.25) is 10.0 Å². The highest BCUT2D eigenvalue weighted by atomic mass is 35.5. The molecule has 3 aromatic heterocycles. The van der Waals surface area contributed by atoms with Crippen molar-refractivity contribution in [3.8, 4) is 34.5 Å². The smallest absolute Gasteiger partial charge is 0.255 e. The van der Waals surface area contributed by atoms with Gasteiger partial charge in [-0.2, -0.15) is 5.10 Å². The van der Waals surface area contributed by atoms with Crippen LogP contribution in [0.3, 0.4) is 0 Å². The highest BCUT2D eigenvalue weighted by Crippen LogP contribution is 2.48. The van der Waals surface area contributed by atoms with Crippen LogP contribution in [-0.4, -0.2) is 105 Å². The summed E-state index contributed by atoms with van der Waals surface area (Å²) in [7, 11) is 0. The van der Waals surface area contributed by atoms with Crippen molar-refractivity contribution < 1.29 is 28.6 Å². The van der Waals surface area contributed by atoms with Crippen LogP contribution >= 0.6 is 34.5 Å². The van der Waals surface area contributed by atoms with Gasteiger partial charge in [0.1, 0.15) is 0 Å². The molecule has 3 amide bonds. The Morgan fingerprint density at radius 3 is 2.40 bits per heavy atom. The molecule has 3 aromatic carbocycles. The van der Waals surface area contributed by atoms with E-state index < -0.39 is 5.79 Å². The van der Waals surface area contributed by atoms with Gasteiger partial charge in [0.25, 0.3) is 5.79 Å². The van der Waals surface area contributed by atoms with Crippen molar-refractivity contribution in [2.45, 2.75) is 124 Å². The van der Waals surface area contributed by atoms with Crippen LogP contribution in [0.1, 0.15) is 112 Å². The molecule has 0 radical (unpaired) electrons. The first kappa shape index (κ1) is 56.9. The van der Waals surface area contributed by atoms with Crippen LogP contribution in [0.15, 0.2) is 85.3 Å². The van der Waals surface area contributed by atoms with Crippen LogP contribution in [0.4, 0.5) is 0 Å². The number of nitrogens with one attached hydrogen (secondary N) is 1. The third-order valence-corrected chi connectivity index (χ3v) is 16.9. The lowest BCUT2D eigenvalue weighted by Crippen LogP contribution is -2.52. The number of piperidine rings is 2. The second-order valence-electron chi connectivity index (χ2n) is 21.3. The van der Waals surface area contributed by atoms with Crippen molar-refractivity contribution in [3.05, 3.63) is 128 Å². The normalized spacial score (nSPS) is 19.5. The fraction of sp³-hybridized carbons (Fsp3) is 0.468. The van der Waals surface area contributed by atoms with E-state index >= 15 is 0 Å². The zero-order chi connectivity index (χ0) is 55.1. The molecule has 4 fully saturated rings. The largest absolute Gasteiger partial charge is 0.448 e. The molecular weight excluding hydrogens is 1040 g/mol. The first-order valence-electron chi connectivity index (χ1n) is 27.8. The van der Waals surface area contributed by atoms with Crippen LogP contribution < -0.4 is 14.8 Å². The summed E-state index contributed by atoms with van der Waals surface area (Å²) in [6, 6.07) is 22.0. The molecule has 11 rings (SSSR count). The van der Waals surface area contributed by atoms with Crippen LogP contribution in [0.25, 0.3) is 21.3 Å². The number of fused-ring (bicyclic) bond motifs is 3. The van der Waals surface area contributed by atoms with E-state index in [9.17, 15) is 14.4 Å². The van der Waals surface area contributed by atoms with Gasteiger partial charge >= 0.3 is 0 Å². The van der Waals surface area contributed by atoms with E-state index in [1.807, 2.05) is 91.7 Å². The molecular formula is C62H73Cl2N7O6S. The standard InChI is InChI=1S/C39H50ClN5O4.C21H17ClN2O2S.C2H6/c1-29(2)37(33-10-12-34(40)13-11-33)38(46)44-19-15-39(16-20-44)48-35-14-9-31(24-36(35)49-39)8-4-6-22-47-23-7-5-18-45-28-32(25-42-45)27-43-21-17-41-30(3)26-43;1-10-5-12(22)6-15(11(10)2)14-3-4-23-18-7-13(27-19(14)18)9-24-20(25)16-8-17(16)21(24)26;1-2/h9-14,24-25,28-30,37,41H,5-7,15-23,26-27H2,1-3H3;3-7,16-17H,8-9H2,1-2H3;1-2H3. The minimum atomic E-state index is -0.740. The van der Waals surface area contributed by atoms with Gasteiger partial charge in [-0.1, -0.05) is 74.9 Å². The average Bonchev–Trinajstić information content (AvgIpc) is 3.92. The van der Waals surface area contributed by atoms with Crippen molar-refractivity contribution in [1.29, 1.82) is 0 Å². The number of rotatable bonds is 15. The number of piperazine rings is 1. The third-order valence-electron chi connectivity index (χ3n) is 15.3. The van der Waals surface area contributed by atoms with Crippen molar-refractivity contribution in [1.82, 2.24) is 34.8 Å². The Hall–Kier alpha value is -5.79. The molecule has 1 N–H and O–H groups in total. The summed E-state index contributed by atoms with van der Waals surface area (Å²) in [5.74, 6) is 7.13. The molecule has 4 aliphatic heterocycles. The summed E-state index contributed by atoms with van der Waals surface area (Å²) in [6.45, 7) is 22.5. The monoisotopic (exact) mass is 1110 g/mol. The predicted octanol–water partition coefficient (Wildman–Crippen LogP) is 11.9. The van der Waals surface area contributed by atoms with Crippen LogP contribution in [0.5, 0.6) is 11.5 Å². The minimum Gasteiger partial charge on any atom is -0.448 e. The Kier molecular flexibility index (Phi) is 18.6. The van der Waals surface area contributed by atoms with Gasteiger partial charge in [0, 0.05) is 122 Å². The lowest BCUT2D eigenvalue weighted by atomic mass is 9.86. The van der Waals surface area contributed by atoms with Gasteiger partial charge in [-0.25, -0.2) is 0 Å². The molecule has 3 saturated heterocycles. The number of likely N-dealkylation sites (tertiary alicyclic amines) is 2. The fourth-order valence-electron chi connectivity index (χ4n) is 10.9. The topological polar surface area (TPSA) is 131 Å². The number of halogens is 2. The van der Waals surface area contributed by atoms with E-state index in [1.54, 1.807) is 17.5 Å². The molecule has 6 aromatic rings. The molecule has 5 aliphatic rings. The summed E-state index contributed by atoms with van der Waals surface area (Å²) in [5.41, 5.74) is 8.56. The predicted molar refractivity (Wildman–Crippen MR) is 310 cm³/mol. The number of carbonyl (C=O) groups is 3. The number of amides is 3. The number of pyridine rings is 1. The number of hydrogen-bond acceptors (Lipinski definition) is 11. The SMILES string of the molecule is CC.CC1CN(Cc2cnn(CCCCOCCC#Cc3ccc4c(c3)OC3(CCN(C(=O)C(c5ccc(Cl)cc5)C(C)C)CC3)O4)c2)CCN1.Cc1cc(Cl)cc(-c2ccnc3cc(CN4C(=O)C5CC5C4=O)sc23)c1C. The van der Waals surface area contributed by atoms with Gasteiger partial charge in [-0.15, -0.1) is 11.3 Å². The Labute approximate surface area is 473 Å². The van der Waals surface area contributed by atoms with Gasteiger partial charge < -0.3 is 24.4 Å². The Morgan fingerprint density at radius 2 is 1.65 bits per heavy atom. The summed E-state index contributed by atoms with van der Waals surface area (Å²) >= 11 is 14.0. The molecule has 1 aliphatic carbocycles. The number of imide groups is 1. The minimum absolute atomic E-state index is 0.0167. The highest BCUT2D eigenvalue weighted by molar-refractivity contribution is 7.19. The number of benzene rings is 3. The second-order valence-corrected chi connectivity index (χ2v) is 23.3. The first-order chi connectivity index (χ1) is 37.7. The van der Waals surface area contributed by atoms with Crippen molar-refractivity contribution in [2.75, 3.05) is 45.9 Å². The van der Waals surface area contributed by atoms with Gasteiger partial charge in [-0.05, 0) is 123 Å². The van der Waals surface area contributed by atoms with E-state index in [0.717, 1.165) is 107 Å². The number of carbonyl (C=O) groups excluding carboxylic acids is 3. The fourth-order valence-corrected chi connectivity index (χ4v) is 12.5. The zero-order valence-corrected chi connectivity index (χ0v) is 48.4. The molecule has 78 heavy (non-hydrogen) atoms. The average molecular weight is 1120 g/mol. The number of thiophene rings is 1. The molecule has 1 saturated carbocycles. The van der Waals surface area contributed by atoms with Crippen molar-refractivity contribution >= 4 is 62.5 Å². The van der Waals surface area contributed by atoms with Gasteiger partial charge in [0.05, 0.1) is 47.3 Å². The number of hydrogen-bond donors (Lipinski definition) is 1. The van der Waals surface area contributed by atoms with Crippen LogP contribution in [-0.2, 0) is 38.8 Å². The summed E-state index contributed by atoms with van der Waals surface area (Å²) in [4.78, 5) is 49.4. The lowest BCUT2D eigenvalue weighted by Gasteiger charge is -2.39. The van der Waals surface area contributed by atoms with Gasteiger partial charge in [0.15, 0.2) is 11.5 Å². The molecule has 4 atom stereocenters. The molecule has 1 spiro atoms. The summed E-state index contributed by atoms with van der Waals surface area (Å²) in [5, 5.41) is 9.42. The Morgan fingerprint density at radius 1 is 0.897 bits per heavy atom. The lowest BCUT2D eigenvalue weighted by molar-refractivity contribution is -0.148. The number of aryl methyl sites for hydroxylation is 2. The summed E-state index contributed by atoms with van der Waals surface area (Å²) in [6.07, 6.45) is 10.6. The number of aromatic nitrogens is 3. The highest BCUT2D eigenvalue weighted by Gasteiger charge is 2.58. The van der Waals surface area contributed by atoms with E-state index in [1.165, 1.54) is 16.0 Å². The van der Waals surface area contributed by atoms with Crippen molar-refractivity contribution in [2.24, 2.45) is 17.8 Å². The van der Waals surface area contributed by atoms with Crippen molar-refractivity contribution in [3.63, 3.8) is 0 Å². The second kappa shape index (κ2) is 25.6. The molecule has 16 heteroatoms. The molecule has 7 heterocycles. The van der Waals surface area contributed by atoms with Crippen LogP contribution in [0, 0.1) is 43.4 Å². The zero-order valence-electron chi connectivity index (χ0n) is 46.1. The number of ether oxygens (including phenoxy) is 3. The van der Waals surface area contributed by atoms with E-state index in [2.05, 4.69) is 77.6 Å². The maximum Gasteiger partial charge on any atom is 0.255 e. The Balaban J connectivity index is 0.000000214.